The van der Waals surface area contributed by atoms with Crippen molar-refractivity contribution in [1.29, 1.82) is 0 Å². The highest BCUT2D eigenvalue weighted by Crippen LogP contribution is 2.43. The molecule has 0 N–H and O–H groups in total. The van der Waals surface area contributed by atoms with Gasteiger partial charge < -0.3 is 17.7 Å². The van der Waals surface area contributed by atoms with Crippen molar-refractivity contribution in [2.24, 2.45) is 0 Å². The highest BCUT2D eigenvalue weighted by atomic mass is 16.4. The quantitative estimate of drug-likeness (QED) is 0.235. The Hall–Kier alpha value is -6.30. The summed E-state index contributed by atoms with van der Waals surface area (Å²) in [5, 5.41) is 0. The van der Waals surface area contributed by atoms with Gasteiger partial charge in [-0.1, -0.05) is 0 Å². The molecule has 9 aromatic rings. The van der Waals surface area contributed by atoms with Crippen molar-refractivity contribution in [2.45, 2.75) is 0 Å². The fourth-order valence-electron chi connectivity index (χ4n) is 4.85. The van der Waals surface area contributed by atoms with Crippen LogP contribution in [0.5, 0.6) is 0 Å². The molecule has 8 aromatic heterocycles. The molecule has 198 valence electrons. The van der Waals surface area contributed by atoms with Gasteiger partial charge in [-0.3, -0.25) is 0 Å². The Balaban J connectivity index is 1.38. The topological polar surface area (TPSA) is 156 Å². The second-order valence-corrected chi connectivity index (χ2v) is 9.33. The molecule has 0 amide bonds. The number of hydrogen-bond acceptors (Lipinski definition) is 12. The molecule has 0 fully saturated rings. The molecule has 0 spiro atoms. The van der Waals surface area contributed by atoms with Crippen LogP contribution < -0.4 is 0 Å². The first-order chi connectivity index (χ1) is 20.8. The lowest BCUT2D eigenvalue weighted by Gasteiger charge is -2.10. The first-order valence-electron chi connectivity index (χ1n) is 12.8. The van der Waals surface area contributed by atoms with Gasteiger partial charge in [0.25, 0.3) is 0 Å². The molecule has 0 aliphatic heterocycles. The average molecular weight is 550 g/mol. The van der Waals surface area contributed by atoms with Crippen LogP contribution in [0.4, 0.5) is 0 Å². The van der Waals surface area contributed by atoms with Crippen molar-refractivity contribution < 1.29 is 17.7 Å². The average Bonchev–Trinajstić information content (AvgIpc) is 3.83. The van der Waals surface area contributed by atoms with Crippen molar-refractivity contribution in [3.05, 3.63) is 85.5 Å². The maximum atomic E-state index is 6.11. The molecule has 8 heterocycles. The lowest BCUT2D eigenvalue weighted by Crippen LogP contribution is -1.93. The molecule has 9 rings (SSSR count). The second kappa shape index (κ2) is 8.60. The van der Waals surface area contributed by atoms with E-state index in [-0.39, 0.29) is 0 Å². The SMILES string of the molecule is c1cnc2oc(-c3cc(-c4nc5cccnc5o4)c(-c4nc5cccnc5o4)cc3-c3nc4cccnc4o3)nc2c1. The van der Waals surface area contributed by atoms with Crippen LogP contribution in [0.15, 0.2) is 103 Å². The van der Waals surface area contributed by atoms with Gasteiger partial charge in [-0.15, -0.1) is 0 Å². The van der Waals surface area contributed by atoms with Crippen LogP contribution in [0, 0.1) is 0 Å². The van der Waals surface area contributed by atoms with Gasteiger partial charge >= 0.3 is 0 Å². The van der Waals surface area contributed by atoms with Crippen LogP contribution >= 0.6 is 0 Å². The number of aromatic nitrogens is 8. The minimum Gasteiger partial charge on any atom is -0.418 e. The van der Waals surface area contributed by atoms with Crippen molar-refractivity contribution >= 4 is 44.9 Å². The number of nitrogens with zero attached hydrogens (tertiary/aromatic N) is 8. The molecular formula is C30H14N8O4. The first kappa shape index (κ1) is 22.5. The van der Waals surface area contributed by atoms with E-state index in [4.69, 9.17) is 37.6 Å². The van der Waals surface area contributed by atoms with Gasteiger partial charge in [0.05, 0.1) is 22.3 Å². The molecule has 0 aliphatic rings. The molecule has 42 heavy (non-hydrogen) atoms. The molecule has 0 saturated heterocycles. The lowest BCUT2D eigenvalue weighted by atomic mass is 9.97. The largest absolute Gasteiger partial charge is 0.418 e. The summed E-state index contributed by atoms with van der Waals surface area (Å²) in [6, 6.07) is 18.2. The molecule has 0 atom stereocenters. The molecule has 0 aliphatic carbocycles. The van der Waals surface area contributed by atoms with Gasteiger partial charge in [0, 0.05) is 24.8 Å². The fourth-order valence-corrected chi connectivity index (χ4v) is 4.85. The van der Waals surface area contributed by atoms with E-state index in [1.807, 2.05) is 36.4 Å². The van der Waals surface area contributed by atoms with Crippen molar-refractivity contribution in [3.8, 4) is 45.8 Å². The Kier molecular flexibility index (Phi) is 4.61. The highest BCUT2D eigenvalue weighted by molar-refractivity contribution is 5.92. The summed E-state index contributed by atoms with van der Waals surface area (Å²) in [5.41, 5.74) is 6.17. The zero-order valence-corrected chi connectivity index (χ0v) is 21.3. The number of oxazole rings is 4. The monoisotopic (exact) mass is 550 g/mol. The zero-order chi connectivity index (χ0) is 27.6. The third-order valence-electron chi connectivity index (χ3n) is 6.74. The number of benzene rings is 1. The van der Waals surface area contributed by atoms with Crippen LogP contribution in [0.1, 0.15) is 0 Å². The molecular weight excluding hydrogens is 536 g/mol. The molecule has 12 nitrogen and oxygen atoms in total. The van der Waals surface area contributed by atoms with E-state index >= 15 is 0 Å². The van der Waals surface area contributed by atoms with Crippen LogP contribution in [-0.2, 0) is 0 Å². The summed E-state index contributed by atoms with van der Waals surface area (Å²) in [4.78, 5) is 36.1. The third kappa shape index (κ3) is 3.48. The fraction of sp³-hybridized carbons (Fsp3) is 0. The Morgan fingerprint density at radius 2 is 0.619 bits per heavy atom. The molecule has 1 aromatic carbocycles. The minimum atomic E-state index is 0.301. The number of rotatable bonds is 4. The van der Waals surface area contributed by atoms with Gasteiger partial charge in [0.15, 0.2) is 0 Å². The van der Waals surface area contributed by atoms with Gasteiger partial charge in [-0.2, -0.15) is 0 Å². The third-order valence-corrected chi connectivity index (χ3v) is 6.74. The maximum Gasteiger partial charge on any atom is 0.247 e. The Morgan fingerprint density at radius 3 is 0.857 bits per heavy atom. The van der Waals surface area contributed by atoms with Gasteiger partial charge in [0.1, 0.15) is 22.1 Å². The lowest BCUT2D eigenvalue weighted by molar-refractivity contribution is 0.595. The molecule has 0 unspecified atom stereocenters. The van der Waals surface area contributed by atoms with E-state index < -0.39 is 0 Å². The van der Waals surface area contributed by atoms with Crippen molar-refractivity contribution in [2.75, 3.05) is 0 Å². The van der Waals surface area contributed by atoms with E-state index in [2.05, 4.69) is 19.9 Å². The predicted octanol–water partition coefficient (Wildman–Crippen LogP) is 6.50. The van der Waals surface area contributed by atoms with Crippen LogP contribution in [0.2, 0.25) is 0 Å². The summed E-state index contributed by atoms with van der Waals surface area (Å²) in [5.74, 6) is 1.20. The van der Waals surface area contributed by atoms with Crippen LogP contribution in [0.3, 0.4) is 0 Å². The van der Waals surface area contributed by atoms with E-state index in [0.717, 1.165) is 0 Å². The maximum absolute atomic E-state index is 6.11. The van der Waals surface area contributed by atoms with E-state index in [0.29, 0.717) is 90.7 Å². The summed E-state index contributed by atoms with van der Waals surface area (Å²) >= 11 is 0. The van der Waals surface area contributed by atoms with Gasteiger partial charge in [0.2, 0.25) is 46.4 Å². The van der Waals surface area contributed by atoms with Crippen LogP contribution in [0.25, 0.3) is 90.7 Å². The normalized spacial score (nSPS) is 11.8. The van der Waals surface area contributed by atoms with Gasteiger partial charge in [-0.05, 0) is 60.7 Å². The van der Waals surface area contributed by atoms with E-state index in [1.165, 1.54) is 0 Å². The molecule has 12 heteroatoms. The number of hydrogen-bond donors (Lipinski definition) is 0. The highest BCUT2D eigenvalue weighted by Gasteiger charge is 2.26. The summed E-state index contributed by atoms with van der Waals surface area (Å²) in [6.07, 6.45) is 6.58. The Morgan fingerprint density at radius 1 is 0.357 bits per heavy atom. The second-order valence-electron chi connectivity index (χ2n) is 9.33. The summed E-state index contributed by atoms with van der Waals surface area (Å²) < 4.78 is 24.5. The Bertz CT molecular complexity index is 1980. The smallest absolute Gasteiger partial charge is 0.247 e. The molecule has 0 radical (unpaired) electrons. The predicted molar refractivity (Wildman–Crippen MR) is 150 cm³/mol. The number of pyridine rings is 4. The summed E-state index contributed by atoms with van der Waals surface area (Å²) in [6.45, 7) is 0. The first-order valence-corrected chi connectivity index (χ1v) is 12.8. The summed E-state index contributed by atoms with van der Waals surface area (Å²) in [7, 11) is 0. The van der Waals surface area contributed by atoms with E-state index in [9.17, 15) is 0 Å². The molecule has 0 saturated carbocycles. The minimum absolute atomic E-state index is 0.301. The standard InChI is InChI=1S/C30H14N8O4/c1-5-19-27(31-9-1)39-23(35-19)15-13-17(25-37-21-7-3-11-33-29(21)41-25)18(26-38-22-8-4-12-34-30(22)42-26)14-16(15)24-36-20-6-2-10-32-28(20)40-24/h1-14H. The van der Waals surface area contributed by atoms with Crippen molar-refractivity contribution in [3.63, 3.8) is 0 Å². The Labute approximate surface area is 233 Å². The van der Waals surface area contributed by atoms with Crippen molar-refractivity contribution in [1.82, 2.24) is 39.9 Å². The zero-order valence-electron chi connectivity index (χ0n) is 21.3. The molecule has 0 bridgehead atoms. The van der Waals surface area contributed by atoms with E-state index in [1.54, 1.807) is 49.1 Å². The van der Waals surface area contributed by atoms with Crippen LogP contribution in [-0.4, -0.2) is 39.9 Å². The van der Waals surface area contributed by atoms with Gasteiger partial charge in [-0.25, -0.2) is 39.9 Å². The number of fused-ring (bicyclic) bond motifs is 4.